The van der Waals surface area contributed by atoms with Gasteiger partial charge in [0.25, 0.3) is 0 Å². The lowest BCUT2D eigenvalue weighted by atomic mass is 10.3. The summed E-state index contributed by atoms with van der Waals surface area (Å²) in [6, 6.07) is 1.54. The van der Waals surface area contributed by atoms with Crippen LogP contribution in [0.1, 0.15) is 0 Å². The molecule has 5 nitrogen and oxygen atoms in total. The summed E-state index contributed by atoms with van der Waals surface area (Å²) in [6.45, 7) is 3.93. The third-order valence-electron chi connectivity index (χ3n) is 1.31. The first kappa shape index (κ1) is 8.45. The van der Waals surface area contributed by atoms with Crippen LogP contribution in [-0.4, -0.2) is 16.5 Å². The number of nitrogens with one attached hydrogen (secondary N) is 1. The molecule has 0 atom stereocenters. The van der Waals surface area contributed by atoms with Crippen LogP contribution in [0.4, 0.5) is 11.4 Å². The van der Waals surface area contributed by atoms with E-state index >= 15 is 0 Å². The first-order valence-corrected chi connectivity index (χ1v) is 3.37. The summed E-state index contributed by atoms with van der Waals surface area (Å²) >= 11 is 0. The Morgan fingerprint density at radius 1 is 1.75 bits per heavy atom. The van der Waals surface area contributed by atoms with E-state index in [1.54, 1.807) is 6.07 Å². The predicted molar refractivity (Wildman–Crippen MR) is 44.7 cm³/mol. The van der Waals surface area contributed by atoms with Gasteiger partial charge in [0.1, 0.15) is 11.9 Å². The number of rotatable bonds is 3. The SMILES string of the molecule is [CH2]CNc1ccncc1[N+](=O)[O-]. The molecule has 0 spiro atoms. The fraction of sp³-hybridized carbons (Fsp3) is 0.143. The minimum atomic E-state index is -0.481. The normalized spacial score (nSPS) is 9.42. The molecule has 0 amide bonds. The molecule has 1 heterocycles. The van der Waals surface area contributed by atoms with Crippen molar-refractivity contribution in [3.05, 3.63) is 35.5 Å². The Morgan fingerprint density at radius 3 is 3.08 bits per heavy atom. The Morgan fingerprint density at radius 2 is 2.50 bits per heavy atom. The van der Waals surface area contributed by atoms with E-state index in [2.05, 4.69) is 17.2 Å². The van der Waals surface area contributed by atoms with Crippen LogP contribution < -0.4 is 5.32 Å². The Labute approximate surface area is 69.6 Å². The van der Waals surface area contributed by atoms with E-state index in [4.69, 9.17) is 0 Å². The van der Waals surface area contributed by atoms with Gasteiger partial charge in [0.2, 0.25) is 0 Å². The number of nitrogens with zero attached hydrogens (tertiary/aromatic N) is 2. The summed E-state index contributed by atoms with van der Waals surface area (Å²) in [5.41, 5.74) is 0.422. The van der Waals surface area contributed by atoms with Crippen molar-refractivity contribution in [1.82, 2.24) is 4.98 Å². The minimum Gasteiger partial charge on any atom is -0.379 e. The molecule has 0 fully saturated rings. The maximum Gasteiger partial charge on any atom is 0.310 e. The Kier molecular flexibility index (Phi) is 2.57. The van der Waals surface area contributed by atoms with E-state index in [0.717, 1.165) is 0 Å². The first-order chi connectivity index (χ1) is 5.75. The van der Waals surface area contributed by atoms with Gasteiger partial charge in [-0.25, -0.2) is 0 Å². The van der Waals surface area contributed by atoms with Crippen LogP contribution in [-0.2, 0) is 0 Å². The van der Waals surface area contributed by atoms with E-state index in [9.17, 15) is 10.1 Å². The Bertz CT molecular complexity index is 288. The number of hydrogen-bond donors (Lipinski definition) is 1. The quantitative estimate of drug-likeness (QED) is 0.541. The van der Waals surface area contributed by atoms with Crippen molar-refractivity contribution in [2.24, 2.45) is 0 Å². The summed E-state index contributed by atoms with van der Waals surface area (Å²) in [5, 5.41) is 13.2. The number of anilines is 1. The average Bonchev–Trinajstić information content (AvgIpc) is 2.05. The molecule has 0 bridgehead atoms. The standard InChI is InChI=1S/C7H8N3O2/c1-2-9-6-3-4-8-5-7(6)10(11)12/h3-5H,1-2H2,(H,8,9). The smallest absolute Gasteiger partial charge is 0.310 e. The molecule has 0 aromatic carbocycles. The summed E-state index contributed by atoms with van der Waals surface area (Å²) in [4.78, 5) is 13.6. The molecule has 1 radical (unpaired) electrons. The molecular formula is C7H8N3O2. The summed E-state index contributed by atoms with van der Waals surface area (Å²) < 4.78 is 0. The van der Waals surface area contributed by atoms with Crippen molar-refractivity contribution in [2.45, 2.75) is 0 Å². The Balaban J connectivity index is 3.00. The van der Waals surface area contributed by atoms with Crippen LogP contribution >= 0.6 is 0 Å². The van der Waals surface area contributed by atoms with Crippen LogP contribution in [0, 0.1) is 17.0 Å². The van der Waals surface area contributed by atoms with Gasteiger partial charge in [0.05, 0.1) is 4.92 Å². The van der Waals surface area contributed by atoms with Gasteiger partial charge in [-0.05, 0) is 13.0 Å². The molecule has 0 aliphatic carbocycles. The second kappa shape index (κ2) is 3.66. The van der Waals surface area contributed by atoms with Crippen LogP contribution in [0.2, 0.25) is 0 Å². The zero-order valence-corrected chi connectivity index (χ0v) is 6.36. The van der Waals surface area contributed by atoms with Gasteiger partial charge >= 0.3 is 5.69 Å². The predicted octanol–water partition coefficient (Wildman–Crippen LogP) is 1.24. The second-order valence-corrected chi connectivity index (χ2v) is 2.08. The van der Waals surface area contributed by atoms with Gasteiger partial charge in [-0.1, -0.05) is 0 Å². The highest BCUT2D eigenvalue weighted by Crippen LogP contribution is 2.20. The largest absolute Gasteiger partial charge is 0.379 e. The van der Waals surface area contributed by atoms with E-state index < -0.39 is 4.92 Å². The Hall–Kier alpha value is -1.65. The average molecular weight is 166 g/mol. The fourth-order valence-electron chi connectivity index (χ4n) is 0.816. The lowest BCUT2D eigenvalue weighted by molar-refractivity contribution is -0.384. The van der Waals surface area contributed by atoms with Gasteiger partial charge in [0, 0.05) is 12.7 Å². The zero-order chi connectivity index (χ0) is 8.97. The summed E-state index contributed by atoms with van der Waals surface area (Å²) in [6.07, 6.45) is 2.70. The molecule has 1 aromatic rings. The molecule has 0 aliphatic heterocycles. The summed E-state index contributed by atoms with van der Waals surface area (Å²) in [5.74, 6) is 0. The van der Waals surface area contributed by atoms with Crippen LogP contribution in [0.25, 0.3) is 0 Å². The van der Waals surface area contributed by atoms with Gasteiger partial charge in [-0.2, -0.15) is 0 Å². The number of hydrogen-bond acceptors (Lipinski definition) is 4. The van der Waals surface area contributed by atoms with E-state index in [0.29, 0.717) is 12.2 Å². The third-order valence-corrected chi connectivity index (χ3v) is 1.31. The maximum atomic E-state index is 10.4. The molecule has 0 aliphatic rings. The molecule has 1 N–H and O–H groups in total. The molecule has 0 saturated carbocycles. The van der Waals surface area contributed by atoms with Gasteiger partial charge in [0.15, 0.2) is 0 Å². The number of aromatic nitrogens is 1. The summed E-state index contributed by atoms with van der Waals surface area (Å²) in [7, 11) is 0. The minimum absolute atomic E-state index is 0.0267. The van der Waals surface area contributed by atoms with Crippen molar-refractivity contribution in [3.8, 4) is 0 Å². The lowest BCUT2D eigenvalue weighted by Crippen LogP contribution is -2.01. The highest BCUT2D eigenvalue weighted by molar-refractivity contribution is 5.59. The van der Waals surface area contributed by atoms with Crippen molar-refractivity contribution < 1.29 is 4.92 Å². The number of nitro groups is 1. The van der Waals surface area contributed by atoms with E-state index in [1.807, 2.05) is 0 Å². The zero-order valence-electron chi connectivity index (χ0n) is 6.36. The highest BCUT2D eigenvalue weighted by atomic mass is 16.6. The highest BCUT2D eigenvalue weighted by Gasteiger charge is 2.11. The second-order valence-electron chi connectivity index (χ2n) is 2.08. The molecule has 5 heteroatoms. The molecular weight excluding hydrogens is 158 g/mol. The van der Waals surface area contributed by atoms with Crippen molar-refractivity contribution >= 4 is 11.4 Å². The van der Waals surface area contributed by atoms with Gasteiger partial charge in [-0.15, -0.1) is 0 Å². The molecule has 1 aromatic heterocycles. The fourth-order valence-corrected chi connectivity index (χ4v) is 0.816. The maximum absolute atomic E-state index is 10.4. The molecule has 0 unspecified atom stereocenters. The molecule has 63 valence electrons. The third kappa shape index (κ3) is 1.69. The lowest BCUT2D eigenvalue weighted by Gasteiger charge is -2.01. The van der Waals surface area contributed by atoms with Crippen LogP contribution in [0.15, 0.2) is 18.5 Å². The topological polar surface area (TPSA) is 68.1 Å². The van der Waals surface area contributed by atoms with Crippen molar-refractivity contribution in [1.29, 1.82) is 0 Å². The van der Waals surface area contributed by atoms with Crippen molar-refractivity contribution in [3.63, 3.8) is 0 Å². The van der Waals surface area contributed by atoms with E-state index in [1.165, 1.54) is 12.4 Å². The monoisotopic (exact) mass is 166 g/mol. The van der Waals surface area contributed by atoms with Gasteiger partial charge < -0.3 is 5.32 Å². The first-order valence-electron chi connectivity index (χ1n) is 3.37. The molecule has 1 rings (SSSR count). The van der Waals surface area contributed by atoms with Crippen molar-refractivity contribution in [2.75, 3.05) is 11.9 Å². The van der Waals surface area contributed by atoms with E-state index in [-0.39, 0.29) is 5.69 Å². The molecule has 0 saturated heterocycles. The number of pyridine rings is 1. The molecule has 12 heavy (non-hydrogen) atoms. The van der Waals surface area contributed by atoms with Crippen LogP contribution in [0.3, 0.4) is 0 Å². The van der Waals surface area contributed by atoms with Gasteiger partial charge in [-0.3, -0.25) is 15.1 Å². The van der Waals surface area contributed by atoms with Crippen LogP contribution in [0.5, 0.6) is 0 Å².